The molecule has 0 saturated carbocycles. The molecule has 2 aromatic heterocycles. The van der Waals surface area contributed by atoms with Crippen molar-refractivity contribution in [2.24, 2.45) is 0 Å². The largest absolute Gasteiger partial charge is 0.467 e. The van der Waals surface area contributed by atoms with Gasteiger partial charge in [-0.3, -0.25) is 0 Å². The molecule has 4 nitrogen and oxygen atoms in total. The fourth-order valence-electron chi connectivity index (χ4n) is 1.86. The molecule has 3 aromatic rings. The molecule has 0 radical (unpaired) electrons. The summed E-state index contributed by atoms with van der Waals surface area (Å²) in [5, 5.41) is 0. The molecular weight excluding hydrogens is 301 g/mol. The first-order valence-corrected chi connectivity index (χ1v) is 6.07. The SMILES string of the molecule is Nc1nc2cc(Br)c(F)cc2n1Cc1ccco1. The van der Waals surface area contributed by atoms with Crippen molar-refractivity contribution in [3.63, 3.8) is 0 Å². The highest BCUT2D eigenvalue weighted by Gasteiger charge is 2.12. The first kappa shape index (κ1) is 11.3. The number of furan rings is 1. The lowest BCUT2D eigenvalue weighted by Crippen LogP contribution is -2.03. The summed E-state index contributed by atoms with van der Waals surface area (Å²) in [5.41, 5.74) is 7.13. The number of nitrogens with two attached hydrogens (primary N) is 1. The maximum Gasteiger partial charge on any atom is 0.201 e. The van der Waals surface area contributed by atoms with Crippen LogP contribution in [-0.2, 0) is 6.54 Å². The molecule has 3 rings (SSSR count). The van der Waals surface area contributed by atoms with Gasteiger partial charge in [0.05, 0.1) is 28.3 Å². The molecule has 0 saturated heterocycles. The van der Waals surface area contributed by atoms with Crippen molar-refractivity contribution in [2.75, 3.05) is 5.73 Å². The zero-order valence-corrected chi connectivity index (χ0v) is 10.8. The third kappa shape index (κ3) is 1.78. The Balaban J connectivity index is 2.16. The summed E-state index contributed by atoms with van der Waals surface area (Å²) in [6.45, 7) is 0.427. The highest BCUT2D eigenvalue weighted by atomic mass is 79.9. The Morgan fingerprint density at radius 2 is 2.28 bits per heavy atom. The number of nitrogen functional groups attached to an aromatic ring is 1. The minimum Gasteiger partial charge on any atom is -0.467 e. The molecule has 18 heavy (non-hydrogen) atoms. The van der Waals surface area contributed by atoms with Crippen molar-refractivity contribution >= 4 is 32.9 Å². The van der Waals surface area contributed by atoms with E-state index >= 15 is 0 Å². The summed E-state index contributed by atoms with van der Waals surface area (Å²) in [4.78, 5) is 4.20. The van der Waals surface area contributed by atoms with Gasteiger partial charge in [-0.15, -0.1) is 0 Å². The molecule has 0 amide bonds. The quantitative estimate of drug-likeness (QED) is 0.791. The monoisotopic (exact) mass is 309 g/mol. The number of imidazole rings is 1. The number of hydrogen-bond acceptors (Lipinski definition) is 3. The zero-order valence-electron chi connectivity index (χ0n) is 9.23. The van der Waals surface area contributed by atoms with Crippen LogP contribution in [0.15, 0.2) is 39.4 Å². The van der Waals surface area contributed by atoms with Crippen LogP contribution in [0.5, 0.6) is 0 Å². The second-order valence-electron chi connectivity index (χ2n) is 3.89. The first-order chi connectivity index (χ1) is 8.65. The maximum absolute atomic E-state index is 13.6. The molecule has 0 spiro atoms. The van der Waals surface area contributed by atoms with Crippen molar-refractivity contribution in [1.82, 2.24) is 9.55 Å². The summed E-state index contributed by atoms with van der Waals surface area (Å²) in [7, 11) is 0. The molecule has 0 aliphatic carbocycles. The fraction of sp³-hybridized carbons (Fsp3) is 0.0833. The lowest BCUT2D eigenvalue weighted by atomic mass is 10.3. The number of benzene rings is 1. The summed E-state index contributed by atoms with van der Waals surface area (Å²) >= 11 is 3.13. The van der Waals surface area contributed by atoms with Crippen LogP contribution >= 0.6 is 15.9 Å². The molecular formula is C12H9BrFN3O. The Morgan fingerprint density at radius 1 is 1.44 bits per heavy atom. The van der Waals surface area contributed by atoms with E-state index in [1.165, 1.54) is 6.07 Å². The van der Waals surface area contributed by atoms with E-state index in [0.717, 1.165) is 5.76 Å². The second-order valence-corrected chi connectivity index (χ2v) is 4.74. The average molecular weight is 310 g/mol. The van der Waals surface area contributed by atoms with E-state index in [-0.39, 0.29) is 5.82 Å². The van der Waals surface area contributed by atoms with Crippen LogP contribution in [0.3, 0.4) is 0 Å². The van der Waals surface area contributed by atoms with Crippen molar-refractivity contribution in [2.45, 2.75) is 6.54 Å². The minimum absolute atomic E-state index is 0.332. The van der Waals surface area contributed by atoms with E-state index in [2.05, 4.69) is 20.9 Å². The van der Waals surface area contributed by atoms with Gasteiger partial charge >= 0.3 is 0 Å². The molecule has 6 heteroatoms. The Bertz CT molecular complexity index is 706. The van der Waals surface area contributed by atoms with E-state index in [0.29, 0.717) is 28.0 Å². The van der Waals surface area contributed by atoms with Crippen LogP contribution in [0.1, 0.15) is 5.76 Å². The van der Waals surface area contributed by atoms with E-state index in [9.17, 15) is 4.39 Å². The van der Waals surface area contributed by atoms with Crippen LogP contribution in [0.2, 0.25) is 0 Å². The number of nitrogens with zero attached hydrogens (tertiary/aromatic N) is 2. The topological polar surface area (TPSA) is 57.0 Å². The van der Waals surface area contributed by atoms with E-state index in [1.54, 1.807) is 23.0 Å². The standard InChI is InChI=1S/C12H9BrFN3O/c13-8-4-10-11(5-9(8)14)17(12(15)16-10)6-7-2-1-3-18-7/h1-5H,6H2,(H2,15,16). The molecule has 1 aromatic carbocycles. The predicted molar refractivity (Wildman–Crippen MR) is 69.6 cm³/mol. The van der Waals surface area contributed by atoms with Crippen molar-refractivity contribution in [1.29, 1.82) is 0 Å². The predicted octanol–water partition coefficient (Wildman–Crippen LogP) is 3.16. The van der Waals surface area contributed by atoms with Gasteiger partial charge in [0.1, 0.15) is 11.6 Å². The first-order valence-electron chi connectivity index (χ1n) is 5.28. The zero-order chi connectivity index (χ0) is 12.7. The van der Waals surface area contributed by atoms with Crippen LogP contribution in [0, 0.1) is 5.82 Å². The number of aromatic nitrogens is 2. The van der Waals surface area contributed by atoms with Crippen molar-refractivity contribution < 1.29 is 8.81 Å². The van der Waals surface area contributed by atoms with E-state index < -0.39 is 0 Å². The Kier molecular flexibility index (Phi) is 2.59. The fourth-order valence-corrected chi connectivity index (χ4v) is 2.19. The van der Waals surface area contributed by atoms with Crippen LogP contribution in [-0.4, -0.2) is 9.55 Å². The van der Waals surface area contributed by atoms with Gasteiger partial charge in [-0.05, 0) is 34.1 Å². The molecule has 0 fully saturated rings. The number of halogens is 2. The summed E-state index contributed by atoms with van der Waals surface area (Å²) in [6.07, 6.45) is 1.59. The lowest BCUT2D eigenvalue weighted by molar-refractivity contribution is 0.497. The number of anilines is 1. The molecule has 0 unspecified atom stereocenters. The summed E-state index contributed by atoms with van der Waals surface area (Å²) < 4.78 is 20.9. The molecule has 0 bridgehead atoms. The third-order valence-electron chi connectivity index (χ3n) is 2.71. The Labute approximate surface area is 110 Å². The minimum atomic E-state index is -0.344. The van der Waals surface area contributed by atoms with Gasteiger partial charge in [0, 0.05) is 6.07 Å². The number of fused-ring (bicyclic) bond motifs is 1. The van der Waals surface area contributed by atoms with Gasteiger partial charge in [-0.1, -0.05) is 0 Å². The third-order valence-corrected chi connectivity index (χ3v) is 3.32. The van der Waals surface area contributed by atoms with Gasteiger partial charge in [-0.25, -0.2) is 9.37 Å². The summed E-state index contributed by atoms with van der Waals surface area (Å²) in [5.74, 6) is 0.728. The molecule has 0 aliphatic heterocycles. The molecule has 0 atom stereocenters. The smallest absolute Gasteiger partial charge is 0.201 e. The molecule has 92 valence electrons. The average Bonchev–Trinajstić information content (AvgIpc) is 2.92. The summed E-state index contributed by atoms with van der Waals surface area (Å²) in [6, 6.07) is 6.65. The van der Waals surface area contributed by atoms with E-state index in [4.69, 9.17) is 10.2 Å². The molecule has 2 N–H and O–H groups in total. The van der Waals surface area contributed by atoms with Crippen LogP contribution in [0.25, 0.3) is 11.0 Å². The Hall–Kier alpha value is -1.82. The maximum atomic E-state index is 13.6. The number of rotatable bonds is 2. The molecule has 2 heterocycles. The van der Waals surface area contributed by atoms with Gasteiger partial charge in [-0.2, -0.15) is 0 Å². The lowest BCUT2D eigenvalue weighted by Gasteiger charge is -2.04. The Morgan fingerprint density at radius 3 is 3.00 bits per heavy atom. The molecule has 0 aliphatic rings. The van der Waals surface area contributed by atoms with Gasteiger partial charge in [0.2, 0.25) is 5.95 Å². The van der Waals surface area contributed by atoms with Gasteiger partial charge in [0.15, 0.2) is 0 Å². The van der Waals surface area contributed by atoms with Crippen LogP contribution < -0.4 is 5.73 Å². The highest BCUT2D eigenvalue weighted by Crippen LogP contribution is 2.25. The number of hydrogen-bond donors (Lipinski definition) is 1. The van der Waals surface area contributed by atoms with E-state index in [1.807, 2.05) is 6.07 Å². The van der Waals surface area contributed by atoms with Crippen LogP contribution in [0.4, 0.5) is 10.3 Å². The second kappa shape index (κ2) is 4.13. The highest BCUT2D eigenvalue weighted by molar-refractivity contribution is 9.10. The van der Waals surface area contributed by atoms with Gasteiger partial charge in [0.25, 0.3) is 0 Å². The van der Waals surface area contributed by atoms with Crippen molar-refractivity contribution in [3.05, 3.63) is 46.6 Å². The van der Waals surface area contributed by atoms with Gasteiger partial charge < -0.3 is 14.7 Å². The van der Waals surface area contributed by atoms with Crippen molar-refractivity contribution in [3.8, 4) is 0 Å². The normalized spacial score (nSPS) is 11.2.